The van der Waals surface area contributed by atoms with Crippen LogP contribution < -0.4 is 0 Å². The van der Waals surface area contributed by atoms with E-state index in [4.69, 9.17) is 11.6 Å². The molecule has 4 heteroatoms. The lowest BCUT2D eigenvalue weighted by atomic mass is 10.1. The van der Waals surface area contributed by atoms with E-state index in [9.17, 15) is 5.26 Å². The van der Waals surface area contributed by atoms with Gasteiger partial charge in [0, 0.05) is 14.8 Å². The number of hydrogen-bond acceptors (Lipinski definition) is 3. The van der Waals surface area contributed by atoms with Crippen molar-refractivity contribution in [2.45, 2.75) is 11.5 Å². The third-order valence-electron chi connectivity index (χ3n) is 2.32. The maximum atomic E-state index is 9.21. The van der Waals surface area contributed by atoms with Crippen molar-refractivity contribution in [1.82, 2.24) is 0 Å². The second-order valence-corrected chi connectivity index (χ2v) is 7.07. The fraction of sp³-hybridized carbons (Fsp3) is 0.154. The maximum absolute atomic E-state index is 9.21. The van der Waals surface area contributed by atoms with E-state index in [1.165, 1.54) is 0 Å². The van der Waals surface area contributed by atoms with Gasteiger partial charge in [-0.25, -0.2) is 0 Å². The molecule has 1 aromatic rings. The monoisotopic (exact) mass is 279 g/mol. The topological polar surface area (TPSA) is 23.8 Å². The van der Waals surface area contributed by atoms with Gasteiger partial charge in [0.1, 0.15) is 6.07 Å². The third-order valence-corrected chi connectivity index (χ3v) is 4.97. The molecule has 1 unspecified atom stereocenters. The molecule has 0 saturated carbocycles. The van der Waals surface area contributed by atoms with Gasteiger partial charge < -0.3 is 0 Å². The Labute approximate surface area is 115 Å². The molecule has 0 fully saturated rings. The molecule has 86 valence electrons. The van der Waals surface area contributed by atoms with E-state index in [2.05, 4.69) is 19.6 Å². The fourth-order valence-corrected chi connectivity index (χ4v) is 4.14. The molecule has 1 nitrogen and oxygen atoms in total. The predicted octanol–water partition coefficient (Wildman–Crippen LogP) is 4.91. The second-order valence-electron chi connectivity index (χ2n) is 3.55. The molecule has 1 atom stereocenters. The smallest absolute Gasteiger partial charge is 0.101 e. The fourth-order valence-electron chi connectivity index (χ4n) is 1.56. The van der Waals surface area contributed by atoms with Gasteiger partial charge >= 0.3 is 0 Å². The Hall–Kier alpha value is -0.820. The van der Waals surface area contributed by atoms with Crippen molar-refractivity contribution >= 4 is 40.0 Å². The van der Waals surface area contributed by atoms with E-state index in [0.717, 1.165) is 15.4 Å². The first kappa shape index (κ1) is 12.6. The Kier molecular flexibility index (Phi) is 3.88. The number of benzene rings is 1. The number of hydrogen-bond donors (Lipinski definition) is 0. The van der Waals surface area contributed by atoms with Crippen molar-refractivity contribution < 1.29 is 0 Å². The minimum absolute atomic E-state index is 0.380. The first-order valence-electron chi connectivity index (χ1n) is 5.04. The van der Waals surface area contributed by atoms with Gasteiger partial charge in [-0.3, -0.25) is 0 Å². The van der Waals surface area contributed by atoms with Gasteiger partial charge in [-0.15, -0.1) is 23.5 Å². The van der Waals surface area contributed by atoms with Crippen LogP contribution >= 0.6 is 35.1 Å². The molecule has 0 spiro atoms. The molecule has 1 heterocycles. The van der Waals surface area contributed by atoms with Crippen LogP contribution in [0.15, 0.2) is 41.3 Å². The number of nitriles is 1. The zero-order valence-corrected chi connectivity index (χ0v) is 11.6. The van der Waals surface area contributed by atoms with Crippen molar-refractivity contribution in [1.29, 1.82) is 5.26 Å². The van der Waals surface area contributed by atoms with Crippen molar-refractivity contribution in [3.8, 4) is 6.07 Å². The Bertz CT molecular complexity index is 525. The van der Waals surface area contributed by atoms with Gasteiger partial charge in [-0.1, -0.05) is 30.3 Å². The molecule has 17 heavy (non-hydrogen) atoms. The zero-order valence-electron chi connectivity index (χ0n) is 9.24. The van der Waals surface area contributed by atoms with Crippen LogP contribution in [0.3, 0.4) is 0 Å². The lowest BCUT2D eigenvalue weighted by Gasteiger charge is -2.22. The average Bonchev–Trinajstić information content (AvgIpc) is 2.29. The third kappa shape index (κ3) is 2.71. The molecule has 0 amide bonds. The van der Waals surface area contributed by atoms with E-state index in [-0.39, 0.29) is 0 Å². The van der Waals surface area contributed by atoms with Crippen LogP contribution in [0.2, 0.25) is 5.02 Å². The predicted molar refractivity (Wildman–Crippen MR) is 77.8 cm³/mol. The van der Waals surface area contributed by atoms with Crippen molar-refractivity contribution in [3.63, 3.8) is 0 Å². The quantitative estimate of drug-likeness (QED) is 0.729. The summed E-state index contributed by atoms with van der Waals surface area (Å²) in [5, 5.41) is 9.92. The standard InChI is InChI=1S/C13H10ClNS2/c1-8-12(7-15)13(17-9(2)16-8)10-3-5-11(14)6-4-10/h3-6,9H,1H2,2H3. The van der Waals surface area contributed by atoms with Crippen molar-refractivity contribution in [2.75, 3.05) is 0 Å². The highest BCUT2D eigenvalue weighted by Crippen LogP contribution is 2.48. The SMILES string of the molecule is C=C1SC(C)SC(c2ccc(Cl)cc2)=C1C#N. The highest BCUT2D eigenvalue weighted by atomic mass is 35.5. The normalized spacial score (nSPS) is 20.3. The van der Waals surface area contributed by atoms with E-state index in [1.54, 1.807) is 23.5 Å². The lowest BCUT2D eigenvalue weighted by Crippen LogP contribution is -2.01. The zero-order chi connectivity index (χ0) is 12.4. The summed E-state index contributed by atoms with van der Waals surface area (Å²) in [6, 6.07) is 9.81. The summed E-state index contributed by atoms with van der Waals surface area (Å²) >= 11 is 9.20. The summed E-state index contributed by atoms with van der Waals surface area (Å²) < 4.78 is 0.380. The molecule has 0 aliphatic carbocycles. The first-order chi connectivity index (χ1) is 8.11. The molecule has 1 aromatic carbocycles. The van der Waals surface area contributed by atoms with Gasteiger partial charge in [0.05, 0.1) is 10.2 Å². The second kappa shape index (κ2) is 5.22. The van der Waals surface area contributed by atoms with Crippen LogP contribution in [-0.4, -0.2) is 4.58 Å². The van der Waals surface area contributed by atoms with Gasteiger partial charge in [-0.2, -0.15) is 5.26 Å². The number of thioether (sulfide) groups is 2. The van der Waals surface area contributed by atoms with Crippen LogP contribution in [0.4, 0.5) is 0 Å². The van der Waals surface area contributed by atoms with Gasteiger partial charge in [0.15, 0.2) is 0 Å². The van der Waals surface area contributed by atoms with Gasteiger partial charge in [0.2, 0.25) is 0 Å². The first-order valence-corrected chi connectivity index (χ1v) is 7.18. The van der Waals surface area contributed by atoms with Gasteiger partial charge in [-0.05, 0) is 24.6 Å². The van der Waals surface area contributed by atoms with E-state index >= 15 is 0 Å². The number of halogens is 1. The molecule has 1 aliphatic heterocycles. The minimum atomic E-state index is 0.380. The molecule has 0 N–H and O–H groups in total. The maximum Gasteiger partial charge on any atom is 0.101 e. The highest BCUT2D eigenvalue weighted by Gasteiger charge is 2.23. The molecule has 0 bridgehead atoms. The van der Waals surface area contributed by atoms with E-state index in [1.807, 2.05) is 24.3 Å². The Balaban J connectivity index is 2.50. The summed E-state index contributed by atoms with van der Waals surface area (Å²) in [6.07, 6.45) is 0. The Morgan fingerprint density at radius 3 is 2.53 bits per heavy atom. The van der Waals surface area contributed by atoms with Crippen LogP contribution in [0.5, 0.6) is 0 Å². The molecule has 0 aromatic heterocycles. The summed E-state index contributed by atoms with van der Waals surface area (Å²) in [5.74, 6) is 0. The van der Waals surface area contributed by atoms with Crippen molar-refractivity contribution in [2.24, 2.45) is 0 Å². The molecule has 0 saturated heterocycles. The Morgan fingerprint density at radius 1 is 1.29 bits per heavy atom. The summed E-state index contributed by atoms with van der Waals surface area (Å²) in [4.78, 5) is 1.85. The number of allylic oxidation sites excluding steroid dienone is 1. The van der Waals surface area contributed by atoms with Crippen molar-refractivity contribution in [3.05, 3.63) is 51.9 Å². The number of rotatable bonds is 1. The van der Waals surface area contributed by atoms with E-state index < -0.39 is 0 Å². The van der Waals surface area contributed by atoms with Crippen LogP contribution in [0.25, 0.3) is 4.91 Å². The minimum Gasteiger partial charge on any atom is -0.192 e. The molecular weight excluding hydrogens is 270 g/mol. The lowest BCUT2D eigenvalue weighted by molar-refractivity contribution is 1.41. The van der Waals surface area contributed by atoms with Crippen LogP contribution in [0, 0.1) is 11.3 Å². The molecule has 1 aliphatic rings. The van der Waals surface area contributed by atoms with E-state index in [0.29, 0.717) is 15.2 Å². The highest BCUT2D eigenvalue weighted by molar-refractivity contribution is 8.23. The summed E-state index contributed by atoms with van der Waals surface area (Å²) in [5.41, 5.74) is 1.71. The molecular formula is C13H10ClNS2. The Morgan fingerprint density at radius 2 is 1.94 bits per heavy atom. The van der Waals surface area contributed by atoms with Crippen LogP contribution in [0.1, 0.15) is 12.5 Å². The summed E-state index contributed by atoms with van der Waals surface area (Å²) in [6.45, 7) is 6.07. The number of nitrogens with zero attached hydrogens (tertiary/aromatic N) is 1. The molecule has 2 rings (SSSR count). The van der Waals surface area contributed by atoms with Crippen LogP contribution in [-0.2, 0) is 0 Å². The summed E-state index contributed by atoms with van der Waals surface area (Å²) in [7, 11) is 0. The van der Waals surface area contributed by atoms with Gasteiger partial charge in [0.25, 0.3) is 0 Å². The largest absolute Gasteiger partial charge is 0.192 e. The average molecular weight is 280 g/mol. The molecule has 0 radical (unpaired) electrons.